The topological polar surface area (TPSA) is 68.2 Å². The number of benzene rings is 4. The van der Waals surface area contributed by atoms with Crippen LogP contribution in [0.3, 0.4) is 0 Å². The fraction of sp³-hybridized carbons (Fsp3) is 0.156. The Hall–Kier alpha value is -4.23. The maximum atomic E-state index is 13.3. The van der Waals surface area contributed by atoms with Gasteiger partial charge in [-0.3, -0.25) is 4.79 Å². The highest BCUT2D eigenvalue weighted by Gasteiger charge is 2.22. The van der Waals surface area contributed by atoms with Crippen molar-refractivity contribution in [2.24, 2.45) is 0 Å². The van der Waals surface area contributed by atoms with E-state index < -0.39 is 15.7 Å². The zero-order valence-corrected chi connectivity index (χ0v) is 22.2. The van der Waals surface area contributed by atoms with E-state index in [1.165, 1.54) is 41.6 Å². The molecule has 0 saturated carbocycles. The quantitative estimate of drug-likeness (QED) is 0.233. The third kappa shape index (κ3) is 6.26. The van der Waals surface area contributed by atoms with Crippen molar-refractivity contribution in [1.82, 2.24) is 9.88 Å². The third-order valence-corrected chi connectivity index (χ3v) is 8.54. The van der Waals surface area contributed by atoms with Crippen molar-refractivity contribution in [1.29, 1.82) is 0 Å². The first-order valence-corrected chi connectivity index (χ1v) is 14.5. The van der Waals surface area contributed by atoms with Crippen LogP contribution in [0.4, 0.5) is 4.39 Å². The Morgan fingerprint density at radius 3 is 2.03 bits per heavy atom. The summed E-state index contributed by atoms with van der Waals surface area (Å²) < 4.78 is 41.6. The van der Waals surface area contributed by atoms with E-state index in [-0.39, 0.29) is 29.0 Å². The van der Waals surface area contributed by atoms with Crippen LogP contribution in [0.25, 0.3) is 10.9 Å². The number of nitrogens with one attached hydrogen (secondary N) is 1. The summed E-state index contributed by atoms with van der Waals surface area (Å²) in [6.45, 7) is 0.468. The molecule has 39 heavy (non-hydrogen) atoms. The first kappa shape index (κ1) is 26.4. The summed E-state index contributed by atoms with van der Waals surface area (Å²) in [5.74, 6) is -0.729. The first-order valence-electron chi connectivity index (χ1n) is 12.8. The number of sulfone groups is 1. The minimum Gasteiger partial charge on any atom is -0.355 e. The third-order valence-electron chi connectivity index (χ3n) is 6.83. The molecule has 5 rings (SSSR count). The second-order valence-corrected chi connectivity index (χ2v) is 11.5. The Morgan fingerprint density at radius 2 is 1.38 bits per heavy atom. The normalized spacial score (nSPS) is 11.6. The molecule has 0 aliphatic heterocycles. The first-order chi connectivity index (χ1) is 18.9. The van der Waals surface area contributed by atoms with Gasteiger partial charge in [-0.1, -0.05) is 91.0 Å². The molecule has 1 aromatic heterocycles. The second-order valence-electron chi connectivity index (χ2n) is 9.54. The van der Waals surface area contributed by atoms with Crippen molar-refractivity contribution in [2.75, 3.05) is 6.54 Å². The average Bonchev–Trinajstić information content (AvgIpc) is 3.32. The van der Waals surface area contributed by atoms with Crippen LogP contribution in [-0.4, -0.2) is 25.4 Å². The number of hydrogen-bond donors (Lipinski definition) is 1. The zero-order valence-electron chi connectivity index (χ0n) is 21.3. The van der Waals surface area contributed by atoms with Gasteiger partial charge >= 0.3 is 0 Å². The second kappa shape index (κ2) is 11.7. The van der Waals surface area contributed by atoms with E-state index in [4.69, 9.17) is 0 Å². The lowest BCUT2D eigenvalue weighted by molar-refractivity contribution is -0.121. The molecule has 5 aromatic rings. The van der Waals surface area contributed by atoms with Gasteiger partial charge in [0.15, 0.2) is 9.84 Å². The van der Waals surface area contributed by atoms with E-state index in [1.807, 2.05) is 42.5 Å². The summed E-state index contributed by atoms with van der Waals surface area (Å²) in [6, 6.07) is 33.0. The fourth-order valence-corrected chi connectivity index (χ4v) is 6.51. The summed E-state index contributed by atoms with van der Waals surface area (Å²) in [5, 5.41) is 3.57. The number of carbonyl (C=O) groups excluding carboxylic acids is 1. The summed E-state index contributed by atoms with van der Waals surface area (Å²) in [5.41, 5.74) is 3.53. The van der Waals surface area contributed by atoms with Crippen LogP contribution in [0.5, 0.6) is 0 Å². The van der Waals surface area contributed by atoms with Crippen molar-refractivity contribution >= 4 is 26.6 Å². The van der Waals surface area contributed by atoms with Crippen molar-refractivity contribution in [2.45, 2.75) is 29.5 Å². The zero-order chi connectivity index (χ0) is 27.2. The SMILES string of the molecule is O=C(Cn1cc(S(=O)(=O)Cc2ccc(F)cc2)c2ccccc21)NCCC(c1ccccc1)c1ccccc1. The number of hydrogen-bond acceptors (Lipinski definition) is 3. The van der Waals surface area contributed by atoms with Gasteiger partial charge in [0, 0.05) is 29.6 Å². The summed E-state index contributed by atoms with van der Waals surface area (Å²) in [4.78, 5) is 13.1. The standard InChI is InChI=1S/C32H29FN2O3S/c33-27-17-15-24(16-18-27)23-39(37,38)31-21-35(30-14-8-7-13-29(30)31)22-32(36)34-20-19-28(25-9-3-1-4-10-25)26-11-5-2-6-12-26/h1-18,21,28H,19-20,22-23H2,(H,34,36). The van der Waals surface area contributed by atoms with Gasteiger partial charge < -0.3 is 9.88 Å². The maximum Gasteiger partial charge on any atom is 0.239 e. The molecule has 5 nitrogen and oxygen atoms in total. The van der Waals surface area contributed by atoms with Crippen LogP contribution in [0.1, 0.15) is 29.0 Å². The number of aromatic nitrogens is 1. The number of carbonyl (C=O) groups is 1. The molecule has 0 saturated heterocycles. The highest BCUT2D eigenvalue weighted by atomic mass is 32.2. The van der Waals surface area contributed by atoms with Gasteiger partial charge in [0.1, 0.15) is 12.4 Å². The van der Waals surface area contributed by atoms with E-state index in [9.17, 15) is 17.6 Å². The molecule has 0 bridgehead atoms. The van der Waals surface area contributed by atoms with Gasteiger partial charge in [-0.25, -0.2) is 12.8 Å². The van der Waals surface area contributed by atoms with E-state index >= 15 is 0 Å². The number of halogens is 1. The van der Waals surface area contributed by atoms with E-state index in [0.29, 0.717) is 23.0 Å². The van der Waals surface area contributed by atoms with E-state index in [2.05, 4.69) is 29.6 Å². The highest BCUT2D eigenvalue weighted by molar-refractivity contribution is 7.90. The molecule has 0 atom stereocenters. The molecule has 0 spiro atoms. The number of nitrogens with zero attached hydrogens (tertiary/aromatic N) is 1. The van der Waals surface area contributed by atoms with Crippen molar-refractivity contribution in [3.05, 3.63) is 138 Å². The highest BCUT2D eigenvalue weighted by Crippen LogP contribution is 2.29. The molecule has 0 unspecified atom stereocenters. The Balaban J connectivity index is 1.30. The van der Waals surface area contributed by atoms with E-state index in [1.54, 1.807) is 22.8 Å². The molecule has 0 radical (unpaired) electrons. The Labute approximate surface area is 227 Å². The Morgan fingerprint density at radius 1 is 0.795 bits per heavy atom. The molecule has 4 aromatic carbocycles. The van der Waals surface area contributed by atoms with Crippen LogP contribution < -0.4 is 5.32 Å². The van der Waals surface area contributed by atoms with Crippen molar-refractivity contribution in [3.8, 4) is 0 Å². The van der Waals surface area contributed by atoms with Gasteiger partial charge in [0.05, 0.1) is 10.6 Å². The lowest BCUT2D eigenvalue weighted by atomic mass is 9.88. The summed E-state index contributed by atoms with van der Waals surface area (Å²) in [7, 11) is -3.73. The van der Waals surface area contributed by atoms with Crippen LogP contribution >= 0.6 is 0 Å². The molecule has 0 fully saturated rings. The molecule has 198 valence electrons. The maximum absolute atomic E-state index is 13.3. The van der Waals surface area contributed by atoms with Gasteiger partial charge in [-0.2, -0.15) is 0 Å². The van der Waals surface area contributed by atoms with Crippen LogP contribution in [0.15, 0.2) is 120 Å². The van der Waals surface area contributed by atoms with Crippen molar-refractivity contribution in [3.63, 3.8) is 0 Å². The minimum atomic E-state index is -3.73. The molecular formula is C32H29FN2O3S. The van der Waals surface area contributed by atoms with Crippen LogP contribution in [0, 0.1) is 5.82 Å². The number of rotatable bonds is 10. The smallest absolute Gasteiger partial charge is 0.239 e. The Bertz CT molecular complexity index is 1630. The summed E-state index contributed by atoms with van der Waals surface area (Å²) in [6.07, 6.45) is 2.25. The number of para-hydroxylation sites is 1. The molecule has 1 amide bonds. The molecule has 0 aliphatic carbocycles. The van der Waals surface area contributed by atoms with Crippen LogP contribution in [-0.2, 0) is 26.9 Å². The van der Waals surface area contributed by atoms with Gasteiger partial charge in [0.25, 0.3) is 0 Å². The van der Waals surface area contributed by atoms with E-state index in [0.717, 1.165) is 6.42 Å². The molecule has 1 N–H and O–H groups in total. The lowest BCUT2D eigenvalue weighted by Crippen LogP contribution is -2.29. The Kier molecular flexibility index (Phi) is 7.89. The summed E-state index contributed by atoms with van der Waals surface area (Å²) >= 11 is 0. The van der Waals surface area contributed by atoms with Gasteiger partial charge in [-0.15, -0.1) is 0 Å². The average molecular weight is 541 g/mol. The molecule has 0 aliphatic rings. The number of amides is 1. The van der Waals surface area contributed by atoms with Crippen molar-refractivity contribution < 1.29 is 17.6 Å². The molecule has 1 heterocycles. The monoisotopic (exact) mass is 540 g/mol. The largest absolute Gasteiger partial charge is 0.355 e. The number of fused-ring (bicyclic) bond motifs is 1. The lowest BCUT2D eigenvalue weighted by Gasteiger charge is -2.18. The van der Waals surface area contributed by atoms with Crippen LogP contribution in [0.2, 0.25) is 0 Å². The molecule has 7 heteroatoms. The van der Waals surface area contributed by atoms with Gasteiger partial charge in [0.2, 0.25) is 5.91 Å². The molecular weight excluding hydrogens is 511 g/mol. The minimum absolute atomic E-state index is 0.00603. The van der Waals surface area contributed by atoms with Gasteiger partial charge in [-0.05, 0) is 41.3 Å². The predicted octanol–water partition coefficient (Wildman–Crippen LogP) is 6.09. The predicted molar refractivity (Wildman–Crippen MR) is 152 cm³/mol. The fourth-order valence-electron chi connectivity index (χ4n) is 4.93.